The molecule has 1 aromatic rings. The van der Waals surface area contributed by atoms with E-state index in [2.05, 4.69) is 0 Å². The fourth-order valence-corrected chi connectivity index (χ4v) is 1.83. The zero-order chi connectivity index (χ0) is 11.5. The molecule has 0 spiro atoms. The van der Waals surface area contributed by atoms with E-state index in [4.69, 9.17) is 5.11 Å². The second-order valence-corrected chi connectivity index (χ2v) is 3.61. The summed E-state index contributed by atoms with van der Waals surface area (Å²) in [4.78, 5) is 11.7. The molecule has 1 fully saturated rings. The number of anilines is 1. The number of rotatable bonds is 3. The highest BCUT2D eigenvalue weighted by atomic mass is 19.1. The third-order valence-corrected chi connectivity index (χ3v) is 2.51. The van der Waals surface area contributed by atoms with E-state index in [1.165, 1.54) is 17.1 Å². The van der Waals surface area contributed by atoms with Crippen LogP contribution in [0.3, 0.4) is 0 Å². The largest absolute Gasteiger partial charge is 0.395 e. The van der Waals surface area contributed by atoms with Crippen molar-refractivity contribution in [2.45, 2.75) is 6.42 Å². The van der Waals surface area contributed by atoms with Crippen molar-refractivity contribution in [2.75, 3.05) is 24.7 Å². The van der Waals surface area contributed by atoms with Gasteiger partial charge in [0.25, 0.3) is 0 Å². The van der Waals surface area contributed by atoms with E-state index in [9.17, 15) is 9.18 Å². The molecule has 1 aromatic carbocycles. The SMILES string of the molecule is O=C1CCN(CCO)N1c1cccc(F)c1. The molecule has 0 saturated carbocycles. The first-order valence-corrected chi connectivity index (χ1v) is 5.16. The summed E-state index contributed by atoms with van der Waals surface area (Å²) in [5, 5.41) is 12.0. The molecule has 1 amide bonds. The minimum atomic E-state index is -0.374. The van der Waals surface area contributed by atoms with Crippen molar-refractivity contribution in [3.8, 4) is 0 Å². The Morgan fingerprint density at radius 2 is 2.25 bits per heavy atom. The number of hydrogen-bond acceptors (Lipinski definition) is 3. The van der Waals surface area contributed by atoms with Crippen molar-refractivity contribution in [2.24, 2.45) is 0 Å². The number of β-amino-alcohol motifs (C(OH)–C–C–N with tert-alkyl or cyclic N) is 1. The van der Waals surface area contributed by atoms with Crippen LogP contribution in [0.5, 0.6) is 0 Å². The van der Waals surface area contributed by atoms with Crippen LogP contribution < -0.4 is 5.01 Å². The Morgan fingerprint density at radius 1 is 1.44 bits per heavy atom. The van der Waals surface area contributed by atoms with Crippen LogP contribution in [0.25, 0.3) is 0 Å². The lowest BCUT2D eigenvalue weighted by Gasteiger charge is -2.27. The van der Waals surface area contributed by atoms with Crippen molar-refractivity contribution < 1.29 is 14.3 Å². The number of benzene rings is 1. The zero-order valence-electron chi connectivity index (χ0n) is 8.77. The van der Waals surface area contributed by atoms with Gasteiger partial charge in [0.15, 0.2) is 0 Å². The normalized spacial score (nSPS) is 17.1. The van der Waals surface area contributed by atoms with Crippen molar-refractivity contribution in [1.29, 1.82) is 0 Å². The number of amides is 1. The van der Waals surface area contributed by atoms with Gasteiger partial charge in [0.2, 0.25) is 5.91 Å². The molecule has 16 heavy (non-hydrogen) atoms. The van der Waals surface area contributed by atoms with Crippen molar-refractivity contribution in [3.63, 3.8) is 0 Å². The molecule has 0 unspecified atom stereocenters. The van der Waals surface area contributed by atoms with Crippen LogP contribution >= 0.6 is 0 Å². The second-order valence-electron chi connectivity index (χ2n) is 3.61. The number of aliphatic hydroxyl groups is 1. The van der Waals surface area contributed by atoms with Gasteiger partial charge in [-0.3, -0.25) is 4.79 Å². The minimum Gasteiger partial charge on any atom is -0.395 e. The molecule has 1 aliphatic rings. The number of aliphatic hydroxyl groups excluding tert-OH is 1. The fourth-order valence-electron chi connectivity index (χ4n) is 1.83. The Bertz CT molecular complexity index is 397. The number of halogens is 1. The molecule has 0 aliphatic carbocycles. The van der Waals surface area contributed by atoms with E-state index in [1.54, 1.807) is 17.1 Å². The Hall–Kier alpha value is -1.46. The standard InChI is InChI=1S/C11H13FN2O2/c12-9-2-1-3-10(8-9)14-11(16)4-5-13(14)6-7-15/h1-3,8,15H,4-7H2. The maximum absolute atomic E-state index is 13.1. The van der Waals surface area contributed by atoms with Gasteiger partial charge >= 0.3 is 0 Å². The first kappa shape index (κ1) is 11.0. The van der Waals surface area contributed by atoms with Crippen LogP contribution in [0, 0.1) is 5.82 Å². The molecule has 5 heteroatoms. The molecular weight excluding hydrogens is 211 g/mol. The Morgan fingerprint density at radius 3 is 2.94 bits per heavy atom. The summed E-state index contributed by atoms with van der Waals surface area (Å²) < 4.78 is 13.1. The maximum atomic E-state index is 13.1. The van der Waals surface area contributed by atoms with Gasteiger partial charge in [-0.05, 0) is 18.2 Å². The molecule has 86 valence electrons. The van der Waals surface area contributed by atoms with E-state index >= 15 is 0 Å². The summed E-state index contributed by atoms with van der Waals surface area (Å²) in [5.74, 6) is -0.444. The van der Waals surface area contributed by atoms with Crippen LogP contribution in [-0.2, 0) is 4.79 Å². The van der Waals surface area contributed by atoms with Crippen LogP contribution in [-0.4, -0.2) is 35.7 Å². The average molecular weight is 224 g/mol. The van der Waals surface area contributed by atoms with E-state index in [1.807, 2.05) is 0 Å². The predicted molar refractivity (Wildman–Crippen MR) is 57.2 cm³/mol. The molecule has 2 rings (SSSR count). The Balaban J connectivity index is 2.26. The third kappa shape index (κ3) is 2.05. The number of carbonyl (C=O) groups is 1. The molecule has 1 saturated heterocycles. The monoisotopic (exact) mass is 224 g/mol. The Labute approximate surface area is 92.9 Å². The summed E-state index contributed by atoms with van der Waals surface area (Å²) in [6.45, 7) is 0.914. The van der Waals surface area contributed by atoms with Crippen molar-refractivity contribution >= 4 is 11.6 Å². The van der Waals surface area contributed by atoms with Gasteiger partial charge < -0.3 is 5.11 Å². The van der Waals surface area contributed by atoms with Crippen molar-refractivity contribution in [1.82, 2.24) is 5.01 Å². The summed E-state index contributed by atoms with van der Waals surface area (Å²) in [5.41, 5.74) is 0.510. The first-order chi connectivity index (χ1) is 7.72. The number of hydrogen-bond donors (Lipinski definition) is 1. The van der Waals surface area contributed by atoms with E-state index < -0.39 is 0 Å². The molecule has 0 atom stereocenters. The lowest BCUT2D eigenvalue weighted by atomic mass is 10.3. The first-order valence-electron chi connectivity index (χ1n) is 5.16. The van der Waals surface area contributed by atoms with Crippen LogP contribution in [0.2, 0.25) is 0 Å². The molecule has 0 bridgehead atoms. The Kier molecular flexibility index (Phi) is 3.17. The second kappa shape index (κ2) is 4.59. The van der Waals surface area contributed by atoms with E-state index in [0.29, 0.717) is 25.2 Å². The van der Waals surface area contributed by atoms with Gasteiger partial charge in [0.05, 0.1) is 12.3 Å². The van der Waals surface area contributed by atoms with Gasteiger partial charge in [0.1, 0.15) is 5.82 Å². The smallest absolute Gasteiger partial charge is 0.242 e. The van der Waals surface area contributed by atoms with E-state index in [0.717, 1.165) is 0 Å². The van der Waals surface area contributed by atoms with Gasteiger partial charge in [-0.15, -0.1) is 0 Å². The topological polar surface area (TPSA) is 43.8 Å². The number of nitrogens with zero attached hydrogens (tertiary/aromatic N) is 2. The van der Waals surface area contributed by atoms with Gasteiger partial charge in [-0.2, -0.15) is 0 Å². The molecular formula is C11H13FN2O2. The number of hydrazine groups is 1. The summed E-state index contributed by atoms with van der Waals surface area (Å²) >= 11 is 0. The van der Waals surface area contributed by atoms with Crippen LogP contribution in [0.4, 0.5) is 10.1 Å². The average Bonchev–Trinajstić information content (AvgIpc) is 2.60. The maximum Gasteiger partial charge on any atom is 0.242 e. The lowest BCUT2D eigenvalue weighted by molar-refractivity contribution is -0.118. The lowest BCUT2D eigenvalue weighted by Crippen LogP contribution is -2.40. The molecule has 1 heterocycles. The van der Waals surface area contributed by atoms with Crippen LogP contribution in [0.1, 0.15) is 6.42 Å². The fraction of sp³-hybridized carbons (Fsp3) is 0.364. The quantitative estimate of drug-likeness (QED) is 0.824. The van der Waals surface area contributed by atoms with Gasteiger partial charge in [-0.25, -0.2) is 14.4 Å². The molecule has 0 radical (unpaired) electrons. The van der Waals surface area contributed by atoms with Gasteiger partial charge in [0, 0.05) is 19.5 Å². The highest BCUT2D eigenvalue weighted by molar-refractivity contribution is 5.94. The van der Waals surface area contributed by atoms with Crippen molar-refractivity contribution in [3.05, 3.63) is 30.1 Å². The van der Waals surface area contributed by atoms with Gasteiger partial charge in [-0.1, -0.05) is 6.07 Å². The van der Waals surface area contributed by atoms with E-state index in [-0.39, 0.29) is 18.3 Å². The third-order valence-electron chi connectivity index (χ3n) is 2.51. The minimum absolute atomic E-state index is 0.0287. The van der Waals surface area contributed by atoms with Crippen LogP contribution in [0.15, 0.2) is 24.3 Å². The highest BCUT2D eigenvalue weighted by Gasteiger charge is 2.29. The summed E-state index contributed by atoms with van der Waals surface area (Å²) in [7, 11) is 0. The zero-order valence-corrected chi connectivity index (χ0v) is 8.77. The molecule has 1 aliphatic heterocycles. The summed E-state index contributed by atoms with van der Waals surface area (Å²) in [6.07, 6.45) is 0.399. The highest BCUT2D eigenvalue weighted by Crippen LogP contribution is 2.22. The molecule has 1 N–H and O–H groups in total. The molecule has 0 aromatic heterocycles. The predicted octanol–water partition coefficient (Wildman–Crippen LogP) is 0.772. The summed E-state index contributed by atoms with van der Waals surface area (Å²) in [6, 6.07) is 5.89. The number of carbonyl (C=O) groups excluding carboxylic acids is 1. The molecule has 4 nitrogen and oxygen atoms in total.